The summed E-state index contributed by atoms with van der Waals surface area (Å²) < 4.78 is 13.4. The first-order valence-corrected chi connectivity index (χ1v) is 8.58. The molecule has 3 aromatic heterocycles. The SMILES string of the molecule is c1ccc(Oc2ccccc2-c2conc2-c2cccn3cncc23)cc1. The predicted octanol–water partition coefficient (Wildman–Crippen LogP) is 5.45. The summed E-state index contributed by atoms with van der Waals surface area (Å²) in [7, 11) is 0. The van der Waals surface area contributed by atoms with E-state index in [-0.39, 0.29) is 0 Å². The lowest BCUT2D eigenvalue weighted by molar-refractivity contribution is 0.422. The van der Waals surface area contributed by atoms with Crippen molar-refractivity contribution in [1.29, 1.82) is 0 Å². The molecular formula is C22H15N3O2. The molecule has 0 bridgehead atoms. The fraction of sp³-hybridized carbons (Fsp3) is 0. The molecule has 0 amide bonds. The van der Waals surface area contributed by atoms with E-state index in [0.29, 0.717) is 0 Å². The Morgan fingerprint density at radius 2 is 1.63 bits per heavy atom. The molecule has 5 aromatic rings. The number of rotatable bonds is 4. The quantitative estimate of drug-likeness (QED) is 0.431. The Morgan fingerprint density at radius 1 is 0.815 bits per heavy atom. The molecule has 0 fully saturated rings. The van der Waals surface area contributed by atoms with Crippen molar-refractivity contribution in [2.45, 2.75) is 0 Å². The van der Waals surface area contributed by atoms with Gasteiger partial charge in [0.15, 0.2) is 0 Å². The second kappa shape index (κ2) is 6.46. The highest BCUT2D eigenvalue weighted by atomic mass is 16.5. The van der Waals surface area contributed by atoms with Crippen molar-refractivity contribution in [1.82, 2.24) is 14.5 Å². The first-order valence-electron chi connectivity index (χ1n) is 8.58. The normalized spacial score (nSPS) is 11.0. The largest absolute Gasteiger partial charge is 0.457 e. The fourth-order valence-corrected chi connectivity index (χ4v) is 3.17. The highest BCUT2D eigenvalue weighted by Crippen LogP contribution is 2.39. The fourth-order valence-electron chi connectivity index (χ4n) is 3.17. The van der Waals surface area contributed by atoms with Crippen LogP contribution in [0.2, 0.25) is 0 Å². The van der Waals surface area contributed by atoms with Crippen LogP contribution < -0.4 is 4.74 Å². The zero-order valence-electron chi connectivity index (χ0n) is 14.3. The highest BCUT2D eigenvalue weighted by molar-refractivity contribution is 5.89. The molecule has 0 spiro atoms. The van der Waals surface area contributed by atoms with Crippen LogP contribution in [0.1, 0.15) is 0 Å². The topological polar surface area (TPSA) is 52.6 Å². The Labute approximate surface area is 155 Å². The molecule has 0 saturated carbocycles. The molecule has 0 saturated heterocycles. The lowest BCUT2D eigenvalue weighted by Crippen LogP contribution is -1.91. The maximum Gasteiger partial charge on any atom is 0.135 e. The minimum atomic E-state index is 0.744. The second-order valence-electron chi connectivity index (χ2n) is 6.10. The summed E-state index contributed by atoms with van der Waals surface area (Å²) in [6.45, 7) is 0. The van der Waals surface area contributed by atoms with E-state index in [1.165, 1.54) is 0 Å². The minimum Gasteiger partial charge on any atom is -0.457 e. The van der Waals surface area contributed by atoms with Gasteiger partial charge in [0, 0.05) is 17.3 Å². The maximum atomic E-state index is 6.11. The van der Waals surface area contributed by atoms with Gasteiger partial charge in [-0.2, -0.15) is 0 Å². The van der Waals surface area contributed by atoms with Gasteiger partial charge in [-0.05, 0) is 30.3 Å². The van der Waals surface area contributed by atoms with Crippen LogP contribution in [0, 0.1) is 0 Å². The molecule has 0 unspecified atom stereocenters. The van der Waals surface area contributed by atoms with Gasteiger partial charge in [-0.25, -0.2) is 4.98 Å². The summed E-state index contributed by atoms with van der Waals surface area (Å²) >= 11 is 0. The van der Waals surface area contributed by atoms with Crippen LogP contribution in [0.3, 0.4) is 0 Å². The Balaban J connectivity index is 1.64. The zero-order valence-corrected chi connectivity index (χ0v) is 14.3. The molecule has 3 heterocycles. The van der Waals surface area contributed by atoms with Gasteiger partial charge in [0.05, 0.1) is 23.6 Å². The van der Waals surface area contributed by atoms with Gasteiger partial charge in [0.1, 0.15) is 23.5 Å². The highest BCUT2D eigenvalue weighted by Gasteiger charge is 2.18. The number of fused-ring (bicyclic) bond motifs is 1. The number of pyridine rings is 1. The van der Waals surface area contributed by atoms with Gasteiger partial charge in [-0.1, -0.05) is 41.6 Å². The van der Waals surface area contributed by atoms with E-state index in [9.17, 15) is 0 Å². The first kappa shape index (κ1) is 15.4. The van der Waals surface area contributed by atoms with Crippen LogP contribution in [0.5, 0.6) is 11.5 Å². The molecule has 27 heavy (non-hydrogen) atoms. The number of hydrogen-bond acceptors (Lipinski definition) is 4. The molecule has 0 aliphatic heterocycles. The number of hydrogen-bond donors (Lipinski definition) is 0. The molecule has 0 atom stereocenters. The molecule has 5 rings (SSSR count). The Kier molecular flexibility index (Phi) is 3.68. The molecule has 130 valence electrons. The van der Waals surface area contributed by atoms with E-state index < -0.39 is 0 Å². The van der Waals surface area contributed by atoms with E-state index in [1.807, 2.05) is 83.5 Å². The van der Waals surface area contributed by atoms with E-state index in [1.54, 1.807) is 12.6 Å². The van der Waals surface area contributed by atoms with Crippen LogP contribution >= 0.6 is 0 Å². The summed E-state index contributed by atoms with van der Waals surface area (Å²) in [4.78, 5) is 4.23. The number of imidazole rings is 1. The van der Waals surface area contributed by atoms with Crippen LogP contribution in [0.25, 0.3) is 27.9 Å². The van der Waals surface area contributed by atoms with E-state index in [4.69, 9.17) is 9.26 Å². The Morgan fingerprint density at radius 3 is 2.56 bits per heavy atom. The van der Waals surface area contributed by atoms with Gasteiger partial charge in [-0.15, -0.1) is 0 Å². The smallest absolute Gasteiger partial charge is 0.135 e. The molecule has 0 N–H and O–H groups in total. The van der Waals surface area contributed by atoms with E-state index in [0.717, 1.165) is 39.4 Å². The van der Waals surface area contributed by atoms with Crippen LogP contribution in [-0.2, 0) is 0 Å². The molecule has 5 nitrogen and oxygen atoms in total. The van der Waals surface area contributed by atoms with Crippen molar-refractivity contribution >= 4 is 5.52 Å². The summed E-state index contributed by atoms with van der Waals surface area (Å²) in [5.74, 6) is 1.52. The van der Waals surface area contributed by atoms with Gasteiger partial charge in [0.2, 0.25) is 0 Å². The lowest BCUT2D eigenvalue weighted by Gasteiger charge is -2.11. The van der Waals surface area contributed by atoms with Crippen LogP contribution in [-0.4, -0.2) is 14.5 Å². The summed E-state index contributed by atoms with van der Waals surface area (Å²) in [6, 6.07) is 21.6. The molecule has 0 radical (unpaired) electrons. The van der Waals surface area contributed by atoms with Gasteiger partial charge in [0.25, 0.3) is 0 Å². The number of nitrogens with zero attached hydrogens (tertiary/aromatic N) is 3. The van der Waals surface area contributed by atoms with Crippen molar-refractivity contribution in [3.63, 3.8) is 0 Å². The summed E-state index contributed by atoms with van der Waals surface area (Å²) in [5.41, 5.74) is 4.46. The van der Waals surface area contributed by atoms with Crippen molar-refractivity contribution < 1.29 is 9.26 Å². The number of aromatic nitrogens is 3. The van der Waals surface area contributed by atoms with Crippen molar-refractivity contribution in [3.8, 4) is 33.9 Å². The Bertz CT molecular complexity index is 1210. The van der Waals surface area contributed by atoms with Gasteiger partial charge >= 0.3 is 0 Å². The van der Waals surface area contributed by atoms with Crippen molar-refractivity contribution in [2.75, 3.05) is 0 Å². The average Bonchev–Trinajstić information content (AvgIpc) is 3.38. The molecule has 5 heteroatoms. The van der Waals surface area contributed by atoms with Crippen molar-refractivity contribution in [2.24, 2.45) is 0 Å². The summed E-state index contributed by atoms with van der Waals surface area (Å²) in [5, 5.41) is 4.27. The number of benzene rings is 2. The third-order valence-corrected chi connectivity index (χ3v) is 4.42. The van der Waals surface area contributed by atoms with E-state index >= 15 is 0 Å². The standard InChI is InChI=1S/C22H15N3O2/c1-2-7-16(8-3-1)27-21-11-5-4-9-17(21)19-14-26-24-22(19)18-10-6-12-25-15-23-13-20(18)25/h1-15H. The van der Waals surface area contributed by atoms with Crippen molar-refractivity contribution in [3.05, 3.63) is 91.7 Å². The maximum absolute atomic E-state index is 6.11. The second-order valence-corrected chi connectivity index (χ2v) is 6.10. The van der Waals surface area contributed by atoms with Crippen LogP contribution in [0.4, 0.5) is 0 Å². The lowest BCUT2D eigenvalue weighted by atomic mass is 10.0. The summed E-state index contributed by atoms with van der Waals surface area (Å²) in [6.07, 6.45) is 7.20. The molecule has 0 aliphatic carbocycles. The van der Waals surface area contributed by atoms with Gasteiger partial charge < -0.3 is 13.7 Å². The van der Waals surface area contributed by atoms with Crippen LogP contribution in [0.15, 0.2) is 96.2 Å². The zero-order chi connectivity index (χ0) is 18.1. The molecule has 2 aromatic carbocycles. The predicted molar refractivity (Wildman–Crippen MR) is 103 cm³/mol. The monoisotopic (exact) mass is 353 g/mol. The Hall–Kier alpha value is -3.86. The molecule has 0 aliphatic rings. The number of ether oxygens (including phenoxy) is 1. The molecular weight excluding hydrogens is 338 g/mol. The third-order valence-electron chi connectivity index (χ3n) is 4.42. The van der Waals surface area contributed by atoms with E-state index in [2.05, 4.69) is 10.1 Å². The number of para-hydroxylation sites is 2. The first-order chi connectivity index (χ1) is 13.4. The average molecular weight is 353 g/mol. The van der Waals surface area contributed by atoms with Gasteiger partial charge in [-0.3, -0.25) is 0 Å². The minimum absolute atomic E-state index is 0.744. The third kappa shape index (κ3) is 2.75.